The summed E-state index contributed by atoms with van der Waals surface area (Å²) in [6, 6.07) is 1.13. The highest BCUT2D eigenvalue weighted by Gasteiger charge is 2.32. The minimum absolute atomic E-state index is 0.0562. The van der Waals surface area contributed by atoms with E-state index < -0.39 is 0 Å². The first kappa shape index (κ1) is 13.9. The largest absolute Gasteiger partial charge is 0.347 e. The van der Waals surface area contributed by atoms with E-state index in [1.54, 1.807) is 0 Å². The quantitative estimate of drug-likeness (QED) is 0.923. The van der Waals surface area contributed by atoms with Crippen molar-refractivity contribution in [1.29, 1.82) is 0 Å². The smallest absolute Gasteiger partial charge is 0.282 e. The Morgan fingerprint density at radius 3 is 2.50 bits per heavy atom. The van der Waals surface area contributed by atoms with Crippen molar-refractivity contribution in [2.24, 2.45) is 0 Å². The van der Waals surface area contributed by atoms with Gasteiger partial charge in [-0.2, -0.15) is 0 Å². The van der Waals surface area contributed by atoms with Gasteiger partial charge in [-0.15, -0.1) is 10.2 Å². The topological polar surface area (TPSA) is 58.1 Å². The third-order valence-electron chi connectivity index (χ3n) is 4.06. The predicted octanol–water partition coefficient (Wildman–Crippen LogP) is 2.02. The molecule has 1 N–H and O–H groups in total. The van der Waals surface area contributed by atoms with E-state index in [0.717, 1.165) is 37.0 Å². The Balaban J connectivity index is 1.50. The van der Waals surface area contributed by atoms with Crippen LogP contribution < -0.4 is 5.32 Å². The van der Waals surface area contributed by atoms with Gasteiger partial charge in [-0.05, 0) is 25.7 Å². The standard InChI is InChI=1S/C14H22N4OS/c1-9(2)13-16-17-14(20-13)12(19)15-10-5-7-18(8-6-10)11-3-4-11/h9-11H,3-8H2,1-2H3,(H,15,19). The van der Waals surface area contributed by atoms with Gasteiger partial charge in [0.2, 0.25) is 5.01 Å². The molecule has 1 saturated carbocycles. The Labute approximate surface area is 123 Å². The minimum atomic E-state index is -0.0562. The SMILES string of the molecule is CC(C)c1nnc(C(=O)NC2CCN(C3CC3)CC2)s1. The second-order valence-electron chi connectivity index (χ2n) is 6.12. The molecule has 1 amide bonds. The molecule has 1 saturated heterocycles. The molecule has 6 heteroatoms. The number of amides is 1. The molecule has 1 aromatic heterocycles. The van der Waals surface area contributed by atoms with Gasteiger partial charge < -0.3 is 10.2 Å². The molecule has 1 aliphatic carbocycles. The van der Waals surface area contributed by atoms with Crippen LogP contribution in [0.3, 0.4) is 0 Å². The predicted molar refractivity (Wildman–Crippen MR) is 79.1 cm³/mol. The van der Waals surface area contributed by atoms with E-state index in [0.29, 0.717) is 17.0 Å². The first-order valence-corrected chi connectivity index (χ1v) is 8.33. The van der Waals surface area contributed by atoms with E-state index in [1.807, 2.05) is 0 Å². The second kappa shape index (κ2) is 5.77. The highest BCUT2D eigenvalue weighted by molar-refractivity contribution is 7.13. The van der Waals surface area contributed by atoms with E-state index in [-0.39, 0.29) is 5.91 Å². The van der Waals surface area contributed by atoms with Crippen LogP contribution in [0.4, 0.5) is 0 Å². The van der Waals surface area contributed by atoms with Crippen LogP contribution in [0.25, 0.3) is 0 Å². The maximum absolute atomic E-state index is 12.2. The average molecular weight is 294 g/mol. The number of piperidine rings is 1. The molecule has 5 nitrogen and oxygen atoms in total. The third kappa shape index (κ3) is 3.17. The number of hydrogen-bond acceptors (Lipinski definition) is 5. The van der Waals surface area contributed by atoms with Gasteiger partial charge in [0, 0.05) is 31.1 Å². The molecule has 0 spiro atoms. The first-order valence-electron chi connectivity index (χ1n) is 7.52. The van der Waals surface area contributed by atoms with E-state index in [1.165, 1.54) is 24.2 Å². The van der Waals surface area contributed by atoms with Gasteiger partial charge in [-0.25, -0.2) is 0 Å². The molecule has 20 heavy (non-hydrogen) atoms. The van der Waals surface area contributed by atoms with Crippen LogP contribution in [-0.2, 0) is 0 Å². The zero-order chi connectivity index (χ0) is 14.1. The maximum Gasteiger partial charge on any atom is 0.282 e. The highest BCUT2D eigenvalue weighted by atomic mass is 32.1. The minimum Gasteiger partial charge on any atom is -0.347 e. The molecule has 0 radical (unpaired) electrons. The van der Waals surface area contributed by atoms with Gasteiger partial charge in [0.25, 0.3) is 5.91 Å². The van der Waals surface area contributed by atoms with Gasteiger partial charge in [-0.1, -0.05) is 25.2 Å². The molecule has 2 fully saturated rings. The maximum atomic E-state index is 12.2. The number of likely N-dealkylation sites (tertiary alicyclic amines) is 1. The number of carbonyl (C=O) groups excluding carboxylic acids is 1. The summed E-state index contributed by atoms with van der Waals surface area (Å²) in [7, 11) is 0. The van der Waals surface area contributed by atoms with Crippen LogP contribution in [0.1, 0.15) is 60.3 Å². The summed E-state index contributed by atoms with van der Waals surface area (Å²) >= 11 is 1.41. The number of nitrogens with one attached hydrogen (secondary N) is 1. The monoisotopic (exact) mass is 294 g/mol. The average Bonchev–Trinajstić information content (AvgIpc) is 3.15. The van der Waals surface area contributed by atoms with Crippen LogP contribution in [-0.4, -0.2) is 46.2 Å². The lowest BCUT2D eigenvalue weighted by atomic mass is 10.0. The normalized spacial score (nSPS) is 21.4. The number of rotatable bonds is 4. The van der Waals surface area contributed by atoms with Crippen LogP contribution >= 0.6 is 11.3 Å². The van der Waals surface area contributed by atoms with Crippen molar-refractivity contribution in [1.82, 2.24) is 20.4 Å². The molecular weight excluding hydrogens is 272 g/mol. The number of hydrogen-bond donors (Lipinski definition) is 1. The molecular formula is C14H22N4OS. The number of aromatic nitrogens is 2. The molecule has 1 aliphatic heterocycles. The molecule has 1 aromatic rings. The summed E-state index contributed by atoms with van der Waals surface area (Å²) in [5, 5.41) is 12.6. The summed E-state index contributed by atoms with van der Waals surface area (Å²) in [6.07, 6.45) is 4.83. The Morgan fingerprint density at radius 1 is 1.25 bits per heavy atom. The summed E-state index contributed by atoms with van der Waals surface area (Å²) in [5.41, 5.74) is 0. The zero-order valence-electron chi connectivity index (χ0n) is 12.1. The summed E-state index contributed by atoms with van der Waals surface area (Å²) in [5.74, 6) is 0.273. The summed E-state index contributed by atoms with van der Waals surface area (Å²) in [4.78, 5) is 14.7. The van der Waals surface area contributed by atoms with Crippen molar-refractivity contribution in [3.05, 3.63) is 10.0 Å². The van der Waals surface area contributed by atoms with Gasteiger partial charge in [0.15, 0.2) is 0 Å². The van der Waals surface area contributed by atoms with Crippen LogP contribution in [0.15, 0.2) is 0 Å². The highest BCUT2D eigenvalue weighted by Crippen LogP contribution is 2.29. The van der Waals surface area contributed by atoms with Crippen molar-refractivity contribution in [3.63, 3.8) is 0 Å². The molecule has 0 bridgehead atoms. The van der Waals surface area contributed by atoms with E-state index in [2.05, 4.69) is 34.3 Å². The number of nitrogens with zero attached hydrogens (tertiary/aromatic N) is 3. The molecule has 2 aliphatic rings. The van der Waals surface area contributed by atoms with E-state index >= 15 is 0 Å². The van der Waals surface area contributed by atoms with Crippen molar-refractivity contribution >= 4 is 17.2 Å². The molecule has 0 atom stereocenters. The Hall–Kier alpha value is -1.01. The summed E-state index contributed by atoms with van der Waals surface area (Å²) in [6.45, 7) is 6.36. The third-order valence-corrected chi connectivity index (χ3v) is 5.28. The Morgan fingerprint density at radius 2 is 1.95 bits per heavy atom. The van der Waals surface area contributed by atoms with Gasteiger partial charge in [-0.3, -0.25) is 4.79 Å². The molecule has 0 aromatic carbocycles. The van der Waals surface area contributed by atoms with Crippen molar-refractivity contribution in [3.8, 4) is 0 Å². The lowest BCUT2D eigenvalue weighted by Crippen LogP contribution is -2.45. The van der Waals surface area contributed by atoms with Crippen LogP contribution in [0.2, 0.25) is 0 Å². The van der Waals surface area contributed by atoms with E-state index in [4.69, 9.17) is 0 Å². The van der Waals surface area contributed by atoms with Crippen LogP contribution in [0, 0.1) is 0 Å². The zero-order valence-corrected chi connectivity index (χ0v) is 12.9. The Bertz CT molecular complexity index is 475. The Kier molecular flexibility index (Phi) is 4.03. The van der Waals surface area contributed by atoms with Gasteiger partial charge in [0.1, 0.15) is 5.01 Å². The number of carbonyl (C=O) groups is 1. The molecule has 3 rings (SSSR count). The molecule has 0 unspecified atom stereocenters. The van der Waals surface area contributed by atoms with Crippen molar-refractivity contribution in [2.75, 3.05) is 13.1 Å². The van der Waals surface area contributed by atoms with Crippen molar-refractivity contribution in [2.45, 2.75) is 57.5 Å². The first-order chi connectivity index (χ1) is 9.63. The summed E-state index contributed by atoms with van der Waals surface area (Å²) < 4.78 is 0. The molecule has 2 heterocycles. The van der Waals surface area contributed by atoms with E-state index in [9.17, 15) is 4.79 Å². The van der Waals surface area contributed by atoms with Crippen LogP contribution in [0.5, 0.6) is 0 Å². The van der Waals surface area contributed by atoms with Gasteiger partial charge in [0.05, 0.1) is 0 Å². The lowest BCUT2D eigenvalue weighted by molar-refractivity contribution is 0.0908. The lowest BCUT2D eigenvalue weighted by Gasteiger charge is -2.32. The fourth-order valence-electron chi connectivity index (χ4n) is 2.66. The van der Waals surface area contributed by atoms with Gasteiger partial charge >= 0.3 is 0 Å². The van der Waals surface area contributed by atoms with Crippen molar-refractivity contribution < 1.29 is 4.79 Å². The second-order valence-corrected chi connectivity index (χ2v) is 7.12. The fourth-order valence-corrected chi connectivity index (χ4v) is 3.40. The fraction of sp³-hybridized carbons (Fsp3) is 0.786. The molecule has 110 valence electrons.